The highest BCUT2D eigenvalue weighted by Crippen LogP contribution is 2.49. The number of methoxy groups -OCH3 is 1. The molecule has 0 spiro atoms. The van der Waals surface area contributed by atoms with Crippen LogP contribution in [0.15, 0.2) is 96.3 Å². The molecule has 0 amide bonds. The van der Waals surface area contributed by atoms with E-state index in [9.17, 15) is 9.59 Å². The largest absolute Gasteiger partial charge is 0.497 e. The lowest BCUT2D eigenvalue weighted by Crippen LogP contribution is -2.31. The molecule has 2 aliphatic rings. The van der Waals surface area contributed by atoms with Crippen molar-refractivity contribution in [3.05, 3.63) is 119 Å². The highest BCUT2D eigenvalue weighted by atomic mass is 16.5. The van der Waals surface area contributed by atoms with Crippen LogP contribution in [0.1, 0.15) is 37.8 Å². The van der Waals surface area contributed by atoms with Crippen LogP contribution in [0.4, 0.5) is 0 Å². The minimum Gasteiger partial charge on any atom is -0.497 e. The molecular formula is C28H18O4. The Morgan fingerprint density at radius 1 is 0.781 bits per heavy atom. The standard InChI is InChI=1S/C28H18O4/c1-31-18-9-6-8-17(15-18)23-24-19-10-3-2-7-16(19)13-14-22(24)32-28-25(23)26(29)20-11-4-5-12-21(20)27(28)30/h2-15,23H,1H3. The predicted octanol–water partition coefficient (Wildman–Crippen LogP) is 5.71. The monoisotopic (exact) mass is 418 g/mol. The normalized spacial score (nSPS) is 16.8. The summed E-state index contributed by atoms with van der Waals surface area (Å²) in [6, 6.07) is 26.5. The van der Waals surface area contributed by atoms with E-state index in [0.717, 1.165) is 21.9 Å². The molecule has 4 heteroatoms. The van der Waals surface area contributed by atoms with Gasteiger partial charge < -0.3 is 9.47 Å². The number of ether oxygens (including phenoxy) is 2. The van der Waals surface area contributed by atoms with Crippen molar-refractivity contribution in [2.24, 2.45) is 0 Å². The summed E-state index contributed by atoms with van der Waals surface area (Å²) in [7, 11) is 1.61. The number of Topliss-reactive ketones (excluding diaryl/α,β-unsaturated/α-hetero) is 2. The summed E-state index contributed by atoms with van der Waals surface area (Å²) >= 11 is 0. The molecule has 1 unspecified atom stereocenters. The molecule has 0 saturated heterocycles. The fourth-order valence-electron chi connectivity index (χ4n) is 4.81. The molecule has 32 heavy (non-hydrogen) atoms. The van der Waals surface area contributed by atoms with Crippen molar-refractivity contribution in [1.29, 1.82) is 0 Å². The van der Waals surface area contributed by atoms with Crippen LogP contribution < -0.4 is 9.47 Å². The van der Waals surface area contributed by atoms with Crippen LogP contribution in [0.3, 0.4) is 0 Å². The van der Waals surface area contributed by atoms with E-state index in [1.165, 1.54) is 0 Å². The van der Waals surface area contributed by atoms with Gasteiger partial charge in [-0.25, -0.2) is 0 Å². The Kier molecular flexibility index (Phi) is 4.02. The number of carbonyl (C=O) groups excluding carboxylic acids is 2. The second-order valence-corrected chi connectivity index (χ2v) is 7.96. The minimum atomic E-state index is -0.459. The first-order chi connectivity index (χ1) is 15.7. The second-order valence-electron chi connectivity index (χ2n) is 7.96. The predicted molar refractivity (Wildman–Crippen MR) is 122 cm³/mol. The maximum atomic E-state index is 13.8. The van der Waals surface area contributed by atoms with Crippen LogP contribution in [0.2, 0.25) is 0 Å². The van der Waals surface area contributed by atoms with Crippen LogP contribution in [0.25, 0.3) is 10.8 Å². The Labute approximate surface area is 184 Å². The van der Waals surface area contributed by atoms with Crippen molar-refractivity contribution in [3.8, 4) is 11.5 Å². The lowest BCUT2D eigenvalue weighted by Gasteiger charge is -2.33. The van der Waals surface area contributed by atoms with Gasteiger partial charge in [-0.05, 0) is 34.5 Å². The number of rotatable bonds is 2. The molecule has 1 heterocycles. The fourth-order valence-corrected chi connectivity index (χ4v) is 4.81. The first-order valence-electron chi connectivity index (χ1n) is 10.4. The summed E-state index contributed by atoms with van der Waals surface area (Å²) in [6.45, 7) is 0. The van der Waals surface area contributed by atoms with Crippen LogP contribution in [0.5, 0.6) is 11.5 Å². The Morgan fingerprint density at radius 3 is 2.34 bits per heavy atom. The molecule has 0 fully saturated rings. The molecule has 4 aromatic rings. The van der Waals surface area contributed by atoms with Crippen LogP contribution in [-0.2, 0) is 0 Å². The van der Waals surface area contributed by atoms with Crippen molar-refractivity contribution >= 4 is 22.3 Å². The van der Waals surface area contributed by atoms with Gasteiger partial charge in [0, 0.05) is 22.6 Å². The van der Waals surface area contributed by atoms with Gasteiger partial charge in [-0.1, -0.05) is 66.7 Å². The highest BCUT2D eigenvalue weighted by molar-refractivity contribution is 6.27. The zero-order valence-electron chi connectivity index (χ0n) is 17.3. The van der Waals surface area contributed by atoms with E-state index in [1.807, 2.05) is 60.7 Å². The Hall–Kier alpha value is -4.18. The van der Waals surface area contributed by atoms with Gasteiger partial charge in [-0.2, -0.15) is 0 Å². The van der Waals surface area contributed by atoms with Crippen LogP contribution in [0, 0.1) is 0 Å². The maximum absolute atomic E-state index is 13.8. The summed E-state index contributed by atoms with van der Waals surface area (Å²) in [5.41, 5.74) is 2.93. The molecule has 0 radical (unpaired) electrons. The fraction of sp³-hybridized carbons (Fsp3) is 0.0714. The van der Waals surface area contributed by atoms with Crippen molar-refractivity contribution < 1.29 is 19.1 Å². The average Bonchev–Trinajstić information content (AvgIpc) is 2.86. The average molecular weight is 418 g/mol. The molecule has 0 saturated carbocycles. The first-order valence-corrected chi connectivity index (χ1v) is 10.4. The molecule has 0 aromatic heterocycles. The maximum Gasteiger partial charge on any atom is 0.229 e. The number of hydrogen-bond acceptors (Lipinski definition) is 4. The summed E-state index contributed by atoms with van der Waals surface area (Å²) < 4.78 is 11.6. The molecule has 154 valence electrons. The van der Waals surface area contributed by atoms with Gasteiger partial charge in [-0.15, -0.1) is 0 Å². The Balaban J connectivity index is 1.69. The summed E-state index contributed by atoms with van der Waals surface area (Å²) in [5.74, 6) is 0.497. The zero-order chi connectivity index (χ0) is 21.8. The lowest BCUT2D eigenvalue weighted by molar-refractivity contribution is 0.0927. The Morgan fingerprint density at radius 2 is 1.53 bits per heavy atom. The molecular weight excluding hydrogens is 400 g/mol. The number of carbonyl (C=O) groups is 2. The van der Waals surface area contributed by atoms with Gasteiger partial charge in [0.15, 0.2) is 11.5 Å². The molecule has 4 nitrogen and oxygen atoms in total. The lowest BCUT2D eigenvalue weighted by atomic mass is 9.74. The third-order valence-electron chi connectivity index (χ3n) is 6.26. The van der Waals surface area contributed by atoms with Gasteiger partial charge in [0.2, 0.25) is 5.78 Å². The molecule has 6 rings (SSSR count). The minimum absolute atomic E-state index is 0.115. The number of ketones is 2. The van der Waals surface area contributed by atoms with Crippen molar-refractivity contribution in [3.63, 3.8) is 0 Å². The third-order valence-corrected chi connectivity index (χ3v) is 6.26. The number of fused-ring (bicyclic) bond motifs is 4. The van der Waals surface area contributed by atoms with Gasteiger partial charge >= 0.3 is 0 Å². The zero-order valence-corrected chi connectivity index (χ0v) is 17.3. The first kappa shape index (κ1) is 18.6. The number of allylic oxidation sites excluding steroid dienone is 2. The molecule has 1 aliphatic heterocycles. The van der Waals surface area contributed by atoms with Gasteiger partial charge in [-0.3, -0.25) is 9.59 Å². The van der Waals surface area contributed by atoms with E-state index >= 15 is 0 Å². The molecule has 0 bridgehead atoms. The third kappa shape index (κ3) is 2.56. The van der Waals surface area contributed by atoms with E-state index in [0.29, 0.717) is 28.2 Å². The summed E-state index contributed by atoms with van der Waals surface area (Å²) in [4.78, 5) is 27.2. The van der Waals surface area contributed by atoms with E-state index in [1.54, 1.807) is 31.4 Å². The topological polar surface area (TPSA) is 52.6 Å². The van der Waals surface area contributed by atoms with E-state index in [2.05, 4.69) is 0 Å². The van der Waals surface area contributed by atoms with E-state index in [-0.39, 0.29) is 17.3 Å². The van der Waals surface area contributed by atoms with E-state index in [4.69, 9.17) is 9.47 Å². The molecule has 1 aliphatic carbocycles. The number of hydrogen-bond donors (Lipinski definition) is 0. The highest BCUT2D eigenvalue weighted by Gasteiger charge is 2.43. The van der Waals surface area contributed by atoms with Gasteiger partial charge in [0.1, 0.15) is 11.5 Å². The van der Waals surface area contributed by atoms with Crippen LogP contribution >= 0.6 is 0 Å². The van der Waals surface area contributed by atoms with Crippen molar-refractivity contribution in [1.82, 2.24) is 0 Å². The van der Waals surface area contributed by atoms with Gasteiger partial charge in [0.25, 0.3) is 0 Å². The van der Waals surface area contributed by atoms with Crippen LogP contribution in [-0.4, -0.2) is 18.7 Å². The van der Waals surface area contributed by atoms with Gasteiger partial charge in [0.05, 0.1) is 12.7 Å². The Bertz CT molecular complexity index is 1480. The SMILES string of the molecule is COc1cccc(C2C3=C(Oc4ccc5ccccc5c42)C(=O)c2ccccc2C3=O)c1. The summed E-state index contributed by atoms with van der Waals surface area (Å²) in [5, 5.41) is 2.03. The smallest absolute Gasteiger partial charge is 0.229 e. The molecule has 1 atom stereocenters. The quantitative estimate of drug-likeness (QED) is 0.419. The number of benzene rings is 4. The molecule has 0 N–H and O–H groups in total. The van der Waals surface area contributed by atoms with Crippen molar-refractivity contribution in [2.75, 3.05) is 7.11 Å². The van der Waals surface area contributed by atoms with Crippen molar-refractivity contribution in [2.45, 2.75) is 5.92 Å². The molecule has 4 aromatic carbocycles. The van der Waals surface area contributed by atoms with E-state index < -0.39 is 5.92 Å². The second kappa shape index (κ2) is 6.92. The summed E-state index contributed by atoms with van der Waals surface area (Å²) in [6.07, 6.45) is 0.